The van der Waals surface area contributed by atoms with Crippen LogP contribution in [-0.2, 0) is 16.1 Å². The van der Waals surface area contributed by atoms with Gasteiger partial charge in [0.25, 0.3) is 0 Å². The van der Waals surface area contributed by atoms with Gasteiger partial charge in [0, 0.05) is 19.3 Å². The zero-order chi connectivity index (χ0) is 18.0. The summed E-state index contributed by atoms with van der Waals surface area (Å²) < 4.78 is 0. The number of nitrogens with one attached hydrogen (secondary N) is 1. The molecule has 0 heterocycles. The van der Waals surface area contributed by atoms with Crippen molar-refractivity contribution in [2.45, 2.75) is 33.2 Å². The molecule has 1 aliphatic rings. The van der Waals surface area contributed by atoms with Crippen LogP contribution < -0.4 is 5.32 Å². The maximum absolute atomic E-state index is 12.9. The molecule has 0 bridgehead atoms. The average Bonchev–Trinajstić information content (AvgIpc) is 3.39. The number of benzene rings is 2. The molecular weight excluding hydrogens is 312 g/mol. The standard InChI is InChI=1S/C21H24N2O2/c1-15-9-10-18(16(2)13-15)22-19(24)21(11-12-21)20(25)23(3)14-17-7-5-4-6-8-17/h4-10,13H,11-12,14H2,1-3H3,(H,22,24). The van der Waals surface area contributed by atoms with Gasteiger partial charge in [-0.25, -0.2) is 0 Å². The van der Waals surface area contributed by atoms with Gasteiger partial charge in [-0.15, -0.1) is 0 Å². The summed E-state index contributed by atoms with van der Waals surface area (Å²) >= 11 is 0. The Kier molecular flexibility index (Phi) is 4.62. The van der Waals surface area contributed by atoms with Gasteiger partial charge in [-0.1, -0.05) is 48.0 Å². The van der Waals surface area contributed by atoms with E-state index in [2.05, 4.69) is 5.32 Å². The lowest BCUT2D eigenvalue weighted by Crippen LogP contribution is -2.40. The second-order valence-corrected chi connectivity index (χ2v) is 7.00. The van der Waals surface area contributed by atoms with Crippen LogP contribution in [0.25, 0.3) is 0 Å². The quantitative estimate of drug-likeness (QED) is 0.847. The molecule has 4 nitrogen and oxygen atoms in total. The highest BCUT2D eigenvalue weighted by Crippen LogP contribution is 2.48. The van der Waals surface area contributed by atoms with E-state index in [1.54, 1.807) is 11.9 Å². The van der Waals surface area contributed by atoms with E-state index in [1.165, 1.54) is 0 Å². The van der Waals surface area contributed by atoms with Crippen LogP contribution in [0, 0.1) is 19.3 Å². The Hall–Kier alpha value is -2.62. The molecule has 0 aromatic heterocycles. The lowest BCUT2D eigenvalue weighted by molar-refractivity contribution is -0.141. The number of hydrogen-bond acceptors (Lipinski definition) is 2. The Bertz CT molecular complexity index is 795. The molecule has 2 aromatic rings. The minimum absolute atomic E-state index is 0.0985. The van der Waals surface area contributed by atoms with E-state index in [0.29, 0.717) is 19.4 Å². The van der Waals surface area contributed by atoms with Crippen LogP contribution in [0.4, 0.5) is 5.69 Å². The van der Waals surface area contributed by atoms with E-state index >= 15 is 0 Å². The summed E-state index contributed by atoms with van der Waals surface area (Å²) in [5, 5.41) is 2.95. The van der Waals surface area contributed by atoms with E-state index in [9.17, 15) is 9.59 Å². The number of amides is 2. The molecular formula is C21H24N2O2. The molecule has 1 aliphatic carbocycles. The molecule has 0 spiro atoms. The number of anilines is 1. The highest BCUT2D eigenvalue weighted by molar-refractivity contribution is 6.13. The fourth-order valence-electron chi connectivity index (χ4n) is 3.15. The predicted octanol–water partition coefficient (Wildman–Crippen LogP) is 3.68. The Balaban J connectivity index is 1.70. The first kappa shape index (κ1) is 17.2. The SMILES string of the molecule is Cc1ccc(NC(=O)C2(C(=O)N(C)Cc3ccccc3)CC2)c(C)c1. The van der Waals surface area contributed by atoms with Crippen LogP contribution in [-0.4, -0.2) is 23.8 Å². The van der Waals surface area contributed by atoms with Crippen LogP contribution >= 0.6 is 0 Å². The summed E-state index contributed by atoms with van der Waals surface area (Å²) in [6, 6.07) is 15.7. The number of aryl methyl sites for hydroxylation is 2. The summed E-state index contributed by atoms with van der Waals surface area (Å²) in [7, 11) is 1.76. The molecule has 2 amide bonds. The first-order chi connectivity index (χ1) is 11.9. The van der Waals surface area contributed by atoms with Gasteiger partial charge in [0.2, 0.25) is 11.8 Å². The lowest BCUT2D eigenvalue weighted by atomic mass is 10.0. The van der Waals surface area contributed by atoms with E-state index in [-0.39, 0.29) is 11.8 Å². The molecule has 130 valence electrons. The van der Waals surface area contributed by atoms with E-state index < -0.39 is 5.41 Å². The molecule has 1 saturated carbocycles. The average molecular weight is 336 g/mol. The van der Waals surface area contributed by atoms with Crippen molar-refractivity contribution in [2.24, 2.45) is 5.41 Å². The third kappa shape index (κ3) is 3.58. The van der Waals surface area contributed by atoms with Crippen molar-refractivity contribution in [3.05, 3.63) is 65.2 Å². The second-order valence-electron chi connectivity index (χ2n) is 7.00. The van der Waals surface area contributed by atoms with Crippen molar-refractivity contribution in [2.75, 3.05) is 12.4 Å². The topological polar surface area (TPSA) is 49.4 Å². The van der Waals surface area contributed by atoms with Gasteiger partial charge in [0.15, 0.2) is 0 Å². The Morgan fingerprint density at radius 1 is 1.08 bits per heavy atom. The van der Waals surface area contributed by atoms with Gasteiger partial charge in [-0.05, 0) is 43.9 Å². The van der Waals surface area contributed by atoms with Crippen molar-refractivity contribution in [3.8, 4) is 0 Å². The van der Waals surface area contributed by atoms with Gasteiger partial charge in [0.1, 0.15) is 5.41 Å². The normalized spacial score (nSPS) is 14.7. The zero-order valence-electron chi connectivity index (χ0n) is 15.0. The Morgan fingerprint density at radius 2 is 1.76 bits per heavy atom. The van der Waals surface area contributed by atoms with Crippen LogP contribution in [0.15, 0.2) is 48.5 Å². The molecule has 0 aliphatic heterocycles. The van der Waals surface area contributed by atoms with Crippen molar-refractivity contribution >= 4 is 17.5 Å². The lowest BCUT2D eigenvalue weighted by Gasteiger charge is -2.23. The fourth-order valence-corrected chi connectivity index (χ4v) is 3.15. The predicted molar refractivity (Wildman–Crippen MR) is 99.1 cm³/mol. The Morgan fingerprint density at radius 3 is 2.36 bits per heavy atom. The van der Waals surface area contributed by atoms with Gasteiger partial charge >= 0.3 is 0 Å². The molecule has 0 radical (unpaired) electrons. The smallest absolute Gasteiger partial charge is 0.240 e. The molecule has 3 rings (SSSR count). The van der Waals surface area contributed by atoms with Crippen LogP contribution in [0.2, 0.25) is 0 Å². The maximum Gasteiger partial charge on any atom is 0.240 e. The fraction of sp³-hybridized carbons (Fsp3) is 0.333. The summed E-state index contributed by atoms with van der Waals surface area (Å²) in [5.41, 5.74) is 3.09. The van der Waals surface area contributed by atoms with Gasteiger partial charge in [-0.3, -0.25) is 9.59 Å². The number of rotatable bonds is 5. The van der Waals surface area contributed by atoms with Crippen molar-refractivity contribution in [1.82, 2.24) is 4.90 Å². The minimum atomic E-state index is -0.902. The summed E-state index contributed by atoms with van der Waals surface area (Å²) in [5.74, 6) is -0.289. The summed E-state index contributed by atoms with van der Waals surface area (Å²) in [6.45, 7) is 4.49. The molecule has 4 heteroatoms. The van der Waals surface area contributed by atoms with Crippen molar-refractivity contribution in [1.29, 1.82) is 0 Å². The number of hydrogen-bond donors (Lipinski definition) is 1. The van der Waals surface area contributed by atoms with Crippen LogP contribution in [0.1, 0.15) is 29.5 Å². The van der Waals surface area contributed by atoms with E-state index in [1.807, 2.05) is 62.4 Å². The third-order valence-electron chi connectivity index (χ3n) is 4.83. The highest BCUT2D eigenvalue weighted by atomic mass is 16.2. The first-order valence-electron chi connectivity index (χ1n) is 8.60. The van der Waals surface area contributed by atoms with Crippen LogP contribution in [0.5, 0.6) is 0 Å². The van der Waals surface area contributed by atoms with Gasteiger partial charge < -0.3 is 10.2 Å². The Labute approximate surface area is 148 Å². The van der Waals surface area contributed by atoms with Crippen LogP contribution in [0.3, 0.4) is 0 Å². The molecule has 0 unspecified atom stereocenters. The third-order valence-corrected chi connectivity index (χ3v) is 4.83. The van der Waals surface area contributed by atoms with Gasteiger partial charge in [0.05, 0.1) is 0 Å². The van der Waals surface area contributed by atoms with Crippen molar-refractivity contribution in [3.63, 3.8) is 0 Å². The zero-order valence-corrected chi connectivity index (χ0v) is 15.0. The molecule has 1 N–H and O–H groups in total. The number of carbonyl (C=O) groups is 2. The minimum Gasteiger partial charge on any atom is -0.340 e. The second kappa shape index (κ2) is 6.71. The molecule has 25 heavy (non-hydrogen) atoms. The maximum atomic E-state index is 12.9. The molecule has 2 aromatic carbocycles. The largest absolute Gasteiger partial charge is 0.340 e. The molecule has 1 fully saturated rings. The summed E-state index contributed by atoms with van der Waals surface area (Å²) in [4.78, 5) is 27.3. The molecule has 0 saturated heterocycles. The van der Waals surface area contributed by atoms with E-state index in [4.69, 9.17) is 0 Å². The monoisotopic (exact) mass is 336 g/mol. The highest BCUT2D eigenvalue weighted by Gasteiger charge is 2.57. The summed E-state index contributed by atoms with van der Waals surface area (Å²) in [6.07, 6.45) is 1.23. The van der Waals surface area contributed by atoms with E-state index in [0.717, 1.165) is 22.4 Å². The molecule has 0 atom stereocenters. The number of nitrogens with zero attached hydrogens (tertiary/aromatic N) is 1. The number of carbonyl (C=O) groups excluding carboxylic acids is 2. The van der Waals surface area contributed by atoms with Gasteiger partial charge in [-0.2, -0.15) is 0 Å². The first-order valence-corrected chi connectivity index (χ1v) is 8.60. The van der Waals surface area contributed by atoms with Crippen molar-refractivity contribution < 1.29 is 9.59 Å².